The number of ether oxygens (including phenoxy) is 2. The van der Waals surface area contributed by atoms with Crippen LogP contribution in [-0.2, 0) is 11.2 Å². The molecule has 0 bridgehead atoms. The number of aromatic nitrogens is 1. The molecule has 0 radical (unpaired) electrons. The molecule has 1 aromatic carbocycles. The molecule has 2 rings (SSSR count). The predicted molar refractivity (Wildman–Crippen MR) is 75.5 cm³/mol. The van der Waals surface area contributed by atoms with Crippen molar-refractivity contribution in [2.45, 2.75) is 6.42 Å². The van der Waals surface area contributed by atoms with E-state index in [1.807, 2.05) is 30.3 Å². The largest absolute Gasteiger partial charge is 0.439 e. The quantitative estimate of drug-likeness (QED) is 0.902. The molecule has 5 nitrogen and oxygen atoms in total. The minimum Gasteiger partial charge on any atom is -0.439 e. The Labute approximate surface area is 117 Å². The molecule has 0 amide bonds. The molecule has 0 saturated heterocycles. The second kappa shape index (κ2) is 6.55. The standard InChI is InChI=1S/C15H15N3O2/c1-19-9-8-11-2-4-12(5-3-11)20-15-7-6-13(17)14(10-16)18-15/h2-7H,8-9,17H2,1H3. The summed E-state index contributed by atoms with van der Waals surface area (Å²) in [5.41, 5.74) is 7.28. The minimum atomic E-state index is 0.166. The van der Waals surface area contributed by atoms with Crippen molar-refractivity contribution in [2.24, 2.45) is 0 Å². The monoisotopic (exact) mass is 269 g/mol. The molecule has 2 aromatic rings. The average molecular weight is 269 g/mol. The van der Waals surface area contributed by atoms with E-state index in [4.69, 9.17) is 20.5 Å². The molecule has 1 heterocycles. The van der Waals surface area contributed by atoms with E-state index in [1.54, 1.807) is 19.2 Å². The fraction of sp³-hybridized carbons (Fsp3) is 0.200. The van der Waals surface area contributed by atoms with Crippen LogP contribution in [0.5, 0.6) is 11.6 Å². The Morgan fingerprint density at radius 3 is 2.60 bits per heavy atom. The number of benzene rings is 1. The number of pyridine rings is 1. The fourth-order valence-electron chi connectivity index (χ4n) is 1.66. The van der Waals surface area contributed by atoms with Gasteiger partial charge in [-0.2, -0.15) is 5.26 Å². The van der Waals surface area contributed by atoms with Gasteiger partial charge in [0, 0.05) is 13.2 Å². The zero-order chi connectivity index (χ0) is 14.4. The number of hydrogen-bond donors (Lipinski definition) is 1. The molecule has 0 atom stereocenters. The van der Waals surface area contributed by atoms with E-state index in [9.17, 15) is 0 Å². The van der Waals surface area contributed by atoms with Crippen LogP contribution in [0.25, 0.3) is 0 Å². The summed E-state index contributed by atoms with van der Waals surface area (Å²) < 4.78 is 10.6. The van der Waals surface area contributed by atoms with Gasteiger partial charge < -0.3 is 15.2 Å². The molecule has 0 unspecified atom stereocenters. The highest BCUT2D eigenvalue weighted by Gasteiger charge is 2.04. The van der Waals surface area contributed by atoms with Crippen molar-refractivity contribution in [1.82, 2.24) is 4.98 Å². The summed E-state index contributed by atoms with van der Waals surface area (Å²) in [4.78, 5) is 4.03. The first-order valence-corrected chi connectivity index (χ1v) is 6.15. The summed E-state index contributed by atoms with van der Waals surface area (Å²) in [6.07, 6.45) is 0.857. The van der Waals surface area contributed by atoms with Gasteiger partial charge in [-0.25, -0.2) is 4.98 Å². The summed E-state index contributed by atoms with van der Waals surface area (Å²) in [7, 11) is 1.68. The van der Waals surface area contributed by atoms with E-state index in [2.05, 4.69) is 4.98 Å². The molecule has 0 aliphatic heterocycles. The van der Waals surface area contributed by atoms with Crippen LogP contribution in [0.15, 0.2) is 36.4 Å². The van der Waals surface area contributed by atoms with Gasteiger partial charge in [-0.1, -0.05) is 12.1 Å². The van der Waals surface area contributed by atoms with Crippen molar-refractivity contribution in [3.05, 3.63) is 47.7 Å². The first kappa shape index (κ1) is 13.8. The number of anilines is 1. The highest BCUT2D eigenvalue weighted by molar-refractivity contribution is 5.51. The summed E-state index contributed by atoms with van der Waals surface area (Å²) in [6.45, 7) is 0.686. The van der Waals surface area contributed by atoms with Crippen LogP contribution >= 0.6 is 0 Å². The first-order valence-electron chi connectivity index (χ1n) is 6.15. The number of nitrogens with two attached hydrogens (primary N) is 1. The predicted octanol–water partition coefficient (Wildman–Crippen LogP) is 2.52. The topological polar surface area (TPSA) is 81.2 Å². The average Bonchev–Trinajstić information content (AvgIpc) is 2.48. The van der Waals surface area contributed by atoms with E-state index in [-0.39, 0.29) is 5.69 Å². The number of rotatable bonds is 5. The summed E-state index contributed by atoms with van der Waals surface area (Å²) in [5.74, 6) is 1.01. The highest BCUT2D eigenvalue weighted by Crippen LogP contribution is 2.22. The lowest BCUT2D eigenvalue weighted by atomic mass is 10.1. The Bertz CT molecular complexity index is 618. The maximum absolute atomic E-state index is 8.87. The molecule has 0 spiro atoms. The second-order valence-corrected chi connectivity index (χ2v) is 4.19. The van der Waals surface area contributed by atoms with Crippen molar-refractivity contribution in [2.75, 3.05) is 19.5 Å². The van der Waals surface area contributed by atoms with Gasteiger partial charge >= 0.3 is 0 Å². The molecule has 5 heteroatoms. The van der Waals surface area contributed by atoms with Crippen molar-refractivity contribution in [3.8, 4) is 17.7 Å². The van der Waals surface area contributed by atoms with Gasteiger partial charge in [0.05, 0.1) is 12.3 Å². The van der Waals surface area contributed by atoms with Crippen LogP contribution in [0.3, 0.4) is 0 Å². The Morgan fingerprint density at radius 1 is 1.20 bits per heavy atom. The van der Waals surface area contributed by atoms with E-state index in [0.29, 0.717) is 23.9 Å². The zero-order valence-corrected chi connectivity index (χ0v) is 11.2. The molecular weight excluding hydrogens is 254 g/mol. The second-order valence-electron chi connectivity index (χ2n) is 4.19. The van der Waals surface area contributed by atoms with Gasteiger partial charge in [0.25, 0.3) is 0 Å². The SMILES string of the molecule is COCCc1ccc(Oc2ccc(N)c(C#N)n2)cc1. The van der Waals surface area contributed by atoms with Crippen LogP contribution in [0.2, 0.25) is 0 Å². The van der Waals surface area contributed by atoms with E-state index < -0.39 is 0 Å². The van der Waals surface area contributed by atoms with Crippen molar-refractivity contribution < 1.29 is 9.47 Å². The number of methoxy groups -OCH3 is 1. The number of nitriles is 1. The summed E-state index contributed by atoms with van der Waals surface area (Å²) in [5, 5.41) is 8.87. The Balaban J connectivity index is 2.08. The molecule has 2 N–H and O–H groups in total. The number of hydrogen-bond acceptors (Lipinski definition) is 5. The van der Waals surface area contributed by atoms with Crippen molar-refractivity contribution >= 4 is 5.69 Å². The maximum Gasteiger partial charge on any atom is 0.220 e. The van der Waals surface area contributed by atoms with Gasteiger partial charge in [-0.05, 0) is 30.2 Å². The van der Waals surface area contributed by atoms with E-state index in [0.717, 1.165) is 6.42 Å². The molecular formula is C15H15N3O2. The molecule has 1 aromatic heterocycles. The van der Waals surface area contributed by atoms with Crippen molar-refractivity contribution in [1.29, 1.82) is 5.26 Å². The third-order valence-corrected chi connectivity index (χ3v) is 2.75. The number of nitrogen functional groups attached to an aromatic ring is 1. The van der Waals surface area contributed by atoms with Crippen LogP contribution in [-0.4, -0.2) is 18.7 Å². The van der Waals surface area contributed by atoms with Crippen LogP contribution in [0.4, 0.5) is 5.69 Å². The molecule has 102 valence electrons. The Hall–Kier alpha value is -2.58. The third-order valence-electron chi connectivity index (χ3n) is 2.75. The lowest BCUT2D eigenvalue weighted by Gasteiger charge is -2.07. The van der Waals surface area contributed by atoms with E-state index >= 15 is 0 Å². The maximum atomic E-state index is 8.87. The smallest absolute Gasteiger partial charge is 0.220 e. The number of nitrogens with zero attached hydrogens (tertiary/aromatic N) is 2. The fourth-order valence-corrected chi connectivity index (χ4v) is 1.66. The Morgan fingerprint density at radius 2 is 1.95 bits per heavy atom. The lowest BCUT2D eigenvalue weighted by molar-refractivity contribution is 0.202. The zero-order valence-electron chi connectivity index (χ0n) is 11.2. The molecule has 0 aliphatic rings. The van der Waals surface area contributed by atoms with Crippen LogP contribution < -0.4 is 10.5 Å². The Kier molecular flexibility index (Phi) is 4.53. The third kappa shape index (κ3) is 3.46. The van der Waals surface area contributed by atoms with Gasteiger partial charge in [0.15, 0.2) is 5.69 Å². The minimum absolute atomic E-state index is 0.166. The van der Waals surface area contributed by atoms with Crippen LogP contribution in [0, 0.1) is 11.3 Å². The normalized spacial score (nSPS) is 10.0. The summed E-state index contributed by atoms with van der Waals surface area (Å²) in [6, 6.07) is 12.8. The summed E-state index contributed by atoms with van der Waals surface area (Å²) >= 11 is 0. The molecule has 0 fully saturated rings. The van der Waals surface area contributed by atoms with Crippen molar-refractivity contribution in [3.63, 3.8) is 0 Å². The molecule has 20 heavy (non-hydrogen) atoms. The van der Waals surface area contributed by atoms with Gasteiger partial charge in [-0.15, -0.1) is 0 Å². The molecule has 0 aliphatic carbocycles. The lowest BCUT2D eigenvalue weighted by Crippen LogP contribution is -1.97. The first-order chi connectivity index (χ1) is 9.72. The van der Waals surface area contributed by atoms with Gasteiger partial charge in [0.1, 0.15) is 11.8 Å². The van der Waals surface area contributed by atoms with E-state index in [1.165, 1.54) is 5.56 Å². The van der Waals surface area contributed by atoms with Gasteiger partial charge in [0.2, 0.25) is 5.88 Å². The van der Waals surface area contributed by atoms with Gasteiger partial charge in [-0.3, -0.25) is 0 Å². The highest BCUT2D eigenvalue weighted by atomic mass is 16.5. The van der Waals surface area contributed by atoms with Crippen LogP contribution in [0.1, 0.15) is 11.3 Å². The molecule has 0 saturated carbocycles.